The van der Waals surface area contributed by atoms with Gasteiger partial charge in [0.2, 0.25) is 0 Å². The van der Waals surface area contributed by atoms with Crippen LogP contribution < -0.4 is 4.72 Å². The van der Waals surface area contributed by atoms with E-state index < -0.39 is 5.54 Å². The van der Waals surface area contributed by atoms with Crippen LogP contribution >= 0.6 is 11.9 Å². The van der Waals surface area contributed by atoms with Crippen molar-refractivity contribution in [3.63, 3.8) is 0 Å². The fourth-order valence-electron chi connectivity index (χ4n) is 1.31. The molecule has 0 aliphatic carbocycles. The molecule has 0 saturated carbocycles. The summed E-state index contributed by atoms with van der Waals surface area (Å²) in [5, 5.41) is 0. The molecule has 1 aliphatic heterocycles. The van der Waals surface area contributed by atoms with Crippen LogP contribution in [0.2, 0.25) is 0 Å². The summed E-state index contributed by atoms with van der Waals surface area (Å²) in [6.07, 6.45) is 0. The molecule has 68 valence electrons. The molecule has 1 aromatic rings. The highest BCUT2D eigenvalue weighted by Crippen LogP contribution is 2.31. The Morgan fingerprint density at radius 1 is 1.31 bits per heavy atom. The first-order chi connectivity index (χ1) is 6.11. The van der Waals surface area contributed by atoms with Crippen LogP contribution in [-0.2, 0) is 0 Å². The molecule has 0 bridgehead atoms. The summed E-state index contributed by atoms with van der Waals surface area (Å²) in [6.45, 7) is 3.80. The second-order valence-corrected chi connectivity index (χ2v) is 4.50. The maximum atomic E-state index is 11.9. The van der Waals surface area contributed by atoms with Crippen LogP contribution in [0, 0.1) is 0 Å². The van der Waals surface area contributed by atoms with Gasteiger partial charge >= 0.3 is 0 Å². The van der Waals surface area contributed by atoms with E-state index in [1.807, 2.05) is 38.1 Å². The number of ketones is 1. The standard InChI is InChI=1S/C10H11NOS/c1-10(2)9(12)7-5-3-4-6-8(7)13-11-10/h3-6,11H,1-2H3. The molecule has 0 saturated heterocycles. The lowest BCUT2D eigenvalue weighted by Crippen LogP contribution is -2.45. The predicted molar refractivity (Wildman–Crippen MR) is 53.8 cm³/mol. The quantitative estimate of drug-likeness (QED) is 0.641. The summed E-state index contributed by atoms with van der Waals surface area (Å²) in [4.78, 5) is 12.9. The number of carbonyl (C=O) groups is 1. The Morgan fingerprint density at radius 2 is 2.00 bits per heavy atom. The number of Topliss-reactive ketones (excluding diaryl/α,β-unsaturated/α-hetero) is 1. The van der Waals surface area contributed by atoms with Gasteiger partial charge in [-0.25, -0.2) is 4.72 Å². The molecular weight excluding hydrogens is 182 g/mol. The minimum Gasteiger partial charge on any atom is -0.292 e. The Labute approximate surface area is 81.9 Å². The predicted octanol–water partition coefficient (Wildman–Crippen LogP) is 2.26. The lowest BCUT2D eigenvalue weighted by molar-refractivity contribution is 0.0896. The normalized spacial score (nSPS) is 19.7. The number of benzene rings is 1. The van der Waals surface area contributed by atoms with Crippen LogP contribution in [0.15, 0.2) is 29.2 Å². The largest absolute Gasteiger partial charge is 0.292 e. The van der Waals surface area contributed by atoms with E-state index in [4.69, 9.17) is 0 Å². The van der Waals surface area contributed by atoms with Crippen molar-refractivity contribution in [2.45, 2.75) is 24.3 Å². The lowest BCUT2D eigenvalue weighted by Gasteiger charge is -2.29. The average molecular weight is 193 g/mol. The first-order valence-electron chi connectivity index (χ1n) is 4.19. The highest BCUT2D eigenvalue weighted by Gasteiger charge is 2.33. The van der Waals surface area contributed by atoms with E-state index in [0.717, 1.165) is 10.5 Å². The van der Waals surface area contributed by atoms with Crippen LogP contribution in [0.3, 0.4) is 0 Å². The summed E-state index contributed by atoms with van der Waals surface area (Å²) < 4.78 is 3.13. The summed E-state index contributed by atoms with van der Waals surface area (Å²) in [6, 6.07) is 7.69. The third kappa shape index (κ3) is 1.38. The van der Waals surface area contributed by atoms with Crippen molar-refractivity contribution in [3.8, 4) is 0 Å². The van der Waals surface area contributed by atoms with Crippen molar-refractivity contribution in [1.82, 2.24) is 4.72 Å². The lowest BCUT2D eigenvalue weighted by atomic mass is 9.94. The van der Waals surface area contributed by atoms with Gasteiger partial charge in [0, 0.05) is 10.5 Å². The first-order valence-corrected chi connectivity index (χ1v) is 5.01. The molecule has 0 spiro atoms. The van der Waals surface area contributed by atoms with Crippen molar-refractivity contribution >= 4 is 17.7 Å². The molecule has 13 heavy (non-hydrogen) atoms. The summed E-state index contributed by atoms with van der Waals surface area (Å²) in [5.74, 6) is 0.168. The Balaban J connectivity index is 2.52. The zero-order valence-electron chi connectivity index (χ0n) is 7.63. The van der Waals surface area contributed by atoms with Gasteiger partial charge in [0.15, 0.2) is 5.78 Å². The molecule has 0 fully saturated rings. The van der Waals surface area contributed by atoms with E-state index in [-0.39, 0.29) is 5.78 Å². The van der Waals surface area contributed by atoms with Crippen molar-refractivity contribution in [1.29, 1.82) is 0 Å². The van der Waals surface area contributed by atoms with Gasteiger partial charge in [0.05, 0.1) is 5.54 Å². The fraction of sp³-hybridized carbons (Fsp3) is 0.300. The molecule has 0 aromatic heterocycles. The topological polar surface area (TPSA) is 29.1 Å². The van der Waals surface area contributed by atoms with Gasteiger partial charge in [-0.2, -0.15) is 0 Å². The molecule has 2 rings (SSSR count). The third-order valence-electron chi connectivity index (χ3n) is 2.12. The minimum absolute atomic E-state index is 0.168. The fourth-order valence-corrected chi connectivity index (χ4v) is 2.18. The Hall–Kier alpha value is -0.800. The molecule has 0 unspecified atom stereocenters. The smallest absolute Gasteiger partial charge is 0.184 e. The van der Waals surface area contributed by atoms with E-state index in [2.05, 4.69) is 4.72 Å². The molecular formula is C10H11NOS. The van der Waals surface area contributed by atoms with Crippen molar-refractivity contribution < 1.29 is 4.79 Å². The van der Waals surface area contributed by atoms with Gasteiger partial charge in [-0.15, -0.1) is 0 Å². The SMILES string of the molecule is CC1(C)NSc2ccccc2C1=O. The highest BCUT2D eigenvalue weighted by molar-refractivity contribution is 7.97. The van der Waals surface area contributed by atoms with Crippen LogP contribution in [0.25, 0.3) is 0 Å². The third-order valence-corrected chi connectivity index (χ3v) is 3.30. The van der Waals surface area contributed by atoms with Gasteiger partial charge in [0.25, 0.3) is 0 Å². The van der Waals surface area contributed by atoms with E-state index >= 15 is 0 Å². The monoisotopic (exact) mass is 193 g/mol. The van der Waals surface area contributed by atoms with Crippen LogP contribution in [0.1, 0.15) is 24.2 Å². The molecule has 1 N–H and O–H groups in total. The van der Waals surface area contributed by atoms with Crippen molar-refractivity contribution in [3.05, 3.63) is 29.8 Å². The first kappa shape index (κ1) is 8.78. The van der Waals surface area contributed by atoms with Crippen molar-refractivity contribution in [2.24, 2.45) is 0 Å². The zero-order chi connectivity index (χ0) is 9.47. The average Bonchev–Trinajstić information content (AvgIpc) is 2.13. The molecule has 0 amide bonds. The summed E-state index contributed by atoms with van der Waals surface area (Å²) in [5.41, 5.74) is 0.384. The van der Waals surface area contributed by atoms with E-state index in [1.165, 1.54) is 11.9 Å². The van der Waals surface area contributed by atoms with Gasteiger partial charge in [-0.3, -0.25) is 4.79 Å². The zero-order valence-corrected chi connectivity index (χ0v) is 8.44. The van der Waals surface area contributed by atoms with Crippen molar-refractivity contribution in [2.75, 3.05) is 0 Å². The number of nitrogens with one attached hydrogen (secondary N) is 1. The maximum Gasteiger partial charge on any atom is 0.184 e. The molecule has 0 atom stereocenters. The Bertz CT molecular complexity index is 360. The number of carbonyl (C=O) groups excluding carboxylic acids is 1. The van der Waals surface area contributed by atoms with Crippen LogP contribution in [0.5, 0.6) is 0 Å². The maximum absolute atomic E-state index is 11.9. The number of fused-ring (bicyclic) bond motifs is 1. The molecule has 1 aliphatic rings. The van der Waals surface area contributed by atoms with Gasteiger partial charge in [-0.05, 0) is 31.9 Å². The second kappa shape index (κ2) is 2.86. The Kier molecular flexibility index (Phi) is 1.93. The van der Waals surface area contributed by atoms with E-state index in [9.17, 15) is 4.79 Å². The van der Waals surface area contributed by atoms with Gasteiger partial charge < -0.3 is 0 Å². The molecule has 2 nitrogen and oxygen atoms in total. The molecule has 1 heterocycles. The van der Waals surface area contributed by atoms with E-state index in [0.29, 0.717) is 0 Å². The van der Waals surface area contributed by atoms with Crippen LogP contribution in [-0.4, -0.2) is 11.3 Å². The van der Waals surface area contributed by atoms with Gasteiger partial charge in [-0.1, -0.05) is 18.2 Å². The molecule has 0 radical (unpaired) electrons. The number of rotatable bonds is 0. The second-order valence-electron chi connectivity index (χ2n) is 3.65. The van der Waals surface area contributed by atoms with Gasteiger partial charge in [0.1, 0.15) is 0 Å². The minimum atomic E-state index is -0.445. The summed E-state index contributed by atoms with van der Waals surface area (Å²) >= 11 is 1.53. The highest BCUT2D eigenvalue weighted by atomic mass is 32.2. The summed E-state index contributed by atoms with van der Waals surface area (Å²) in [7, 11) is 0. The van der Waals surface area contributed by atoms with Crippen LogP contribution in [0.4, 0.5) is 0 Å². The number of hydrogen-bond acceptors (Lipinski definition) is 3. The molecule has 1 aromatic carbocycles. The van der Waals surface area contributed by atoms with E-state index in [1.54, 1.807) is 0 Å². The Morgan fingerprint density at radius 3 is 2.77 bits per heavy atom. The number of hydrogen-bond donors (Lipinski definition) is 1. The molecule has 3 heteroatoms.